The van der Waals surface area contributed by atoms with Crippen LogP contribution in [0.4, 0.5) is 0 Å². The summed E-state index contributed by atoms with van der Waals surface area (Å²) in [4.78, 5) is 15.6. The summed E-state index contributed by atoms with van der Waals surface area (Å²) >= 11 is 1.80. The lowest BCUT2D eigenvalue weighted by Crippen LogP contribution is -2.52. The van der Waals surface area contributed by atoms with Gasteiger partial charge in [0.05, 0.1) is 0 Å². The van der Waals surface area contributed by atoms with E-state index in [1.54, 1.807) is 11.3 Å². The highest BCUT2D eigenvalue weighted by Gasteiger charge is 2.22. The maximum absolute atomic E-state index is 12.1. The molecule has 1 aromatic rings. The molecule has 0 aliphatic carbocycles. The molecule has 100 valence electrons. The van der Waals surface area contributed by atoms with Gasteiger partial charge in [-0.3, -0.25) is 4.79 Å². The summed E-state index contributed by atoms with van der Waals surface area (Å²) in [5, 5.41) is 5.44. The lowest BCUT2D eigenvalue weighted by molar-refractivity contribution is -0.134. The monoisotopic (exact) mass is 266 g/mol. The van der Waals surface area contributed by atoms with E-state index in [9.17, 15) is 4.79 Å². The minimum absolute atomic E-state index is 0.318. The molecule has 2 rings (SSSR count). The maximum Gasteiger partial charge on any atom is 0.222 e. The molecule has 1 aromatic heterocycles. The van der Waals surface area contributed by atoms with Gasteiger partial charge in [0.25, 0.3) is 0 Å². The zero-order valence-corrected chi connectivity index (χ0v) is 12.1. The second kappa shape index (κ2) is 6.34. The number of rotatable bonds is 4. The van der Waals surface area contributed by atoms with E-state index < -0.39 is 0 Å². The third-order valence-electron chi connectivity index (χ3n) is 3.58. The van der Waals surface area contributed by atoms with E-state index in [-0.39, 0.29) is 0 Å². The van der Waals surface area contributed by atoms with Crippen molar-refractivity contribution >= 4 is 17.2 Å². The van der Waals surface area contributed by atoms with Gasteiger partial charge in [-0.2, -0.15) is 0 Å². The average molecular weight is 266 g/mol. The van der Waals surface area contributed by atoms with Crippen molar-refractivity contribution in [3.8, 4) is 0 Å². The molecule has 1 unspecified atom stereocenters. The van der Waals surface area contributed by atoms with Crippen LogP contribution in [0.15, 0.2) is 11.4 Å². The molecule has 4 heteroatoms. The summed E-state index contributed by atoms with van der Waals surface area (Å²) in [6.07, 6.45) is 2.69. The Labute approximate surface area is 113 Å². The highest BCUT2D eigenvalue weighted by atomic mass is 32.1. The van der Waals surface area contributed by atoms with Gasteiger partial charge in [-0.25, -0.2) is 0 Å². The summed E-state index contributed by atoms with van der Waals surface area (Å²) in [6.45, 7) is 6.98. The van der Waals surface area contributed by atoms with Crippen molar-refractivity contribution in [2.45, 2.75) is 39.2 Å². The van der Waals surface area contributed by atoms with Crippen LogP contribution in [0.5, 0.6) is 0 Å². The third kappa shape index (κ3) is 3.33. The largest absolute Gasteiger partial charge is 0.337 e. The number of amides is 1. The van der Waals surface area contributed by atoms with Gasteiger partial charge in [0, 0.05) is 37.0 Å². The number of piperazine rings is 1. The first-order valence-corrected chi connectivity index (χ1v) is 7.59. The smallest absolute Gasteiger partial charge is 0.222 e. The van der Waals surface area contributed by atoms with Crippen molar-refractivity contribution in [2.24, 2.45) is 0 Å². The number of hydrogen-bond acceptors (Lipinski definition) is 3. The summed E-state index contributed by atoms with van der Waals surface area (Å²) < 4.78 is 0. The second-order valence-corrected chi connectivity index (χ2v) is 6.02. The molecule has 1 fully saturated rings. The average Bonchev–Trinajstić information content (AvgIpc) is 2.75. The topological polar surface area (TPSA) is 32.3 Å². The number of carbonyl (C=O) groups is 1. The number of hydrogen-bond donors (Lipinski definition) is 1. The Kier molecular flexibility index (Phi) is 4.78. The van der Waals surface area contributed by atoms with Crippen LogP contribution in [0.25, 0.3) is 0 Å². The predicted molar refractivity (Wildman–Crippen MR) is 76.0 cm³/mol. The zero-order valence-electron chi connectivity index (χ0n) is 11.2. The van der Waals surface area contributed by atoms with Crippen molar-refractivity contribution in [1.82, 2.24) is 10.2 Å². The van der Waals surface area contributed by atoms with Gasteiger partial charge in [-0.1, -0.05) is 0 Å². The van der Waals surface area contributed by atoms with Gasteiger partial charge < -0.3 is 10.2 Å². The van der Waals surface area contributed by atoms with Crippen LogP contribution in [0, 0.1) is 6.92 Å². The predicted octanol–water partition coefficient (Wildman–Crippen LogP) is 2.20. The fraction of sp³-hybridized carbons (Fsp3) is 0.643. The molecule has 0 bridgehead atoms. The maximum atomic E-state index is 12.1. The highest BCUT2D eigenvalue weighted by Crippen LogP contribution is 2.18. The van der Waals surface area contributed by atoms with Crippen LogP contribution in [-0.2, 0) is 11.2 Å². The Bertz CT molecular complexity index is 402. The van der Waals surface area contributed by atoms with Crippen molar-refractivity contribution in [3.05, 3.63) is 21.9 Å². The molecular weight excluding hydrogens is 244 g/mol. The van der Waals surface area contributed by atoms with Crippen LogP contribution < -0.4 is 5.32 Å². The van der Waals surface area contributed by atoms with Crippen molar-refractivity contribution in [3.63, 3.8) is 0 Å². The molecule has 2 heterocycles. The normalized spacial score (nSPS) is 20.1. The lowest BCUT2D eigenvalue weighted by atomic mass is 10.1. The van der Waals surface area contributed by atoms with Crippen LogP contribution in [-0.4, -0.2) is 36.5 Å². The molecule has 1 atom stereocenters. The minimum atomic E-state index is 0.318. The van der Waals surface area contributed by atoms with Gasteiger partial charge in [-0.05, 0) is 43.7 Å². The van der Waals surface area contributed by atoms with E-state index in [1.165, 1.54) is 10.4 Å². The summed E-state index contributed by atoms with van der Waals surface area (Å²) in [5.74, 6) is 0.318. The summed E-state index contributed by atoms with van der Waals surface area (Å²) in [7, 11) is 0. The molecule has 0 aromatic carbocycles. The van der Waals surface area contributed by atoms with E-state index in [0.717, 1.165) is 32.5 Å². The Balaban J connectivity index is 1.76. The molecule has 1 saturated heterocycles. The molecule has 0 radical (unpaired) electrons. The van der Waals surface area contributed by atoms with Crippen LogP contribution >= 0.6 is 11.3 Å². The molecule has 0 spiro atoms. The van der Waals surface area contributed by atoms with Gasteiger partial charge in [0.15, 0.2) is 0 Å². The molecule has 1 N–H and O–H groups in total. The SMILES string of the molecule is Cc1ccsc1CCCC(=O)N1CCNCC1C. The molecule has 1 amide bonds. The van der Waals surface area contributed by atoms with E-state index in [0.29, 0.717) is 18.4 Å². The minimum Gasteiger partial charge on any atom is -0.337 e. The highest BCUT2D eigenvalue weighted by molar-refractivity contribution is 7.10. The number of nitrogens with zero attached hydrogens (tertiary/aromatic N) is 1. The summed E-state index contributed by atoms with van der Waals surface area (Å²) in [5.41, 5.74) is 1.36. The van der Waals surface area contributed by atoms with E-state index >= 15 is 0 Å². The Morgan fingerprint density at radius 2 is 2.44 bits per heavy atom. The number of aryl methyl sites for hydroxylation is 2. The zero-order chi connectivity index (χ0) is 13.0. The second-order valence-electron chi connectivity index (χ2n) is 5.02. The van der Waals surface area contributed by atoms with E-state index in [4.69, 9.17) is 0 Å². The lowest BCUT2D eigenvalue weighted by Gasteiger charge is -2.34. The number of nitrogens with one attached hydrogen (secondary N) is 1. The standard InChI is InChI=1S/C14H22N2OS/c1-11-6-9-18-13(11)4-3-5-14(17)16-8-7-15-10-12(16)2/h6,9,12,15H,3-5,7-8,10H2,1-2H3. The van der Waals surface area contributed by atoms with Crippen molar-refractivity contribution < 1.29 is 4.79 Å². The first-order valence-electron chi connectivity index (χ1n) is 6.71. The molecule has 18 heavy (non-hydrogen) atoms. The first kappa shape index (κ1) is 13.6. The molecule has 0 saturated carbocycles. The Morgan fingerprint density at radius 3 is 3.11 bits per heavy atom. The number of carbonyl (C=O) groups excluding carboxylic acids is 1. The molecular formula is C14H22N2OS. The fourth-order valence-electron chi connectivity index (χ4n) is 2.42. The van der Waals surface area contributed by atoms with Gasteiger partial charge in [-0.15, -0.1) is 11.3 Å². The van der Waals surface area contributed by atoms with Crippen molar-refractivity contribution in [2.75, 3.05) is 19.6 Å². The van der Waals surface area contributed by atoms with E-state index in [2.05, 4.69) is 30.6 Å². The quantitative estimate of drug-likeness (QED) is 0.906. The summed E-state index contributed by atoms with van der Waals surface area (Å²) in [6, 6.07) is 2.50. The van der Waals surface area contributed by atoms with Gasteiger partial charge in [0.1, 0.15) is 0 Å². The third-order valence-corrected chi connectivity index (χ3v) is 4.67. The van der Waals surface area contributed by atoms with Crippen LogP contribution in [0.2, 0.25) is 0 Å². The van der Waals surface area contributed by atoms with Crippen LogP contribution in [0.3, 0.4) is 0 Å². The Hall–Kier alpha value is -0.870. The fourth-order valence-corrected chi connectivity index (χ4v) is 3.37. The van der Waals surface area contributed by atoms with E-state index in [1.807, 2.05) is 4.90 Å². The molecule has 1 aliphatic rings. The molecule has 3 nitrogen and oxygen atoms in total. The van der Waals surface area contributed by atoms with Crippen LogP contribution in [0.1, 0.15) is 30.2 Å². The Morgan fingerprint density at radius 1 is 1.61 bits per heavy atom. The first-order chi connectivity index (χ1) is 8.68. The van der Waals surface area contributed by atoms with Crippen molar-refractivity contribution in [1.29, 1.82) is 0 Å². The number of thiophene rings is 1. The van der Waals surface area contributed by atoms with Gasteiger partial charge >= 0.3 is 0 Å². The van der Waals surface area contributed by atoms with Gasteiger partial charge in [0.2, 0.25) is 5.91 Å². The molecule has 1 aliphatic heterocycles.